The fourth-order valence-corrected chi connectivity index (χ4v) is 4.93. The smallest absolute Gasteiger partial charge is 0.277 e. The van der Waals surface area contributed by atoms with Crippen LogP contribution in [-0.2, 0) is 6.42 Å². The fraction of sp³-hybridized carbons (Fsp3) is 0.333. The van der Waals surface area contributed by atoms with Crippen molar-refractivity contribution in [2.24, 2.45) is 0 Å². The van der Waals surface area contributed by atoms with Crippen molar-refractivity contribution in [3.63, 3.8) is 0 Å². The number of aromatic nitrogens is 5. The van der Waals surface area contributed by atoms with Crippen LogP contribution in [0.3, 0.4) is 0 Å². The molecule has 0 unspecified atom stereocenters. The van der Waals surface area contributed by atoms with Gasteiger partial charge in [-0.15, -0.1) is 10.2 Å². The normalized spacial score (nSPS) is 18.1. The molecule has 6 rings (SSSR count). The molecule has 1 amide bonds. The molecular weight excluding hydrogens is 424 g/mol. The fourth-order valence-electron chi connectivity index (χ4n) is 4.81. The molecule has 8 heteroatoms. The Hall–Kier alpha value is -3.19. The highest BCUT2D eigenvalue weighted by molar-refractivity contribution is 6.30. The average Bonchev–Trinajstić information content (AvgIpc) is 3.36. The van der Waals surface area contributed by atoms with E-state index in [0.29, 0.717) is 11.1 Å². The number of fused-ring (bicyclic) bond motifs is 2. The summed E-state index contributed by atoms with van der Waals surface area (Å²) in [4.78, 5) is 15.9. The first-order chi connectivity index (χ1) is 15.5. The molecule has 0 spiro atoms. The number of hydrogen-bond acceptors (Lipinski definition) is 4. The van der Waals surface area contributed by atoms with Gasteiger partial charge >= 0.3 is 0 Å². The number of aryl methyl sites for hydroxylation is 3. The monoisotopic (exact) mass is 446 g/mol. The van der Waals surface area contributed by atoms with Gasteiger partial charge in [0.25, 0.3) is 5.91 Å². The van der Waals surface area contributed by atoms with E-state index in [1.807, 2.05) is 64.4 Å². The maximum Gasteiger partial charge on any atom is 0.277 e. The molecule has 7 nitrogen and oxygen atoms in total. The molecule has 1 aliphatic heterocycles. The van der Waals surface area contributed by atoms with Crippen molar-refractivity contribution in [3.05, 3.63) is 75.5 Å². The van der Waals surface area contributed by atoms with Gasteiger partial charge in [-0.25, -0.2) is 0 Å². The molecule has 32 heavy (non-hydrogen) atoms. The third kappa shape index (κ3) is 2.73. The van der Waals surface area contributed by atoms with E-state index in [1.54, 1.807) is 0 Å². The van der Waals surface area contributed by atoms with E-state index in [9.17, 15) is 4.79 Å². The Balaban J connectivity index is 1.60. The number of carbonyl (C=O) groups is 1. The average molecular weight is 447 g/mol. The minimum absolute atomic E-state index is 0.0106. The maximum atomic E-state index is 14.0. The summed E-state index contributed by atoms with van der Waals surface area (Å²) in [5, 5.41) is 14.0. The molecule has 1 fully saturated rings. The molecule has 3 aromatic heterocycles. The summed E-state index contributed by atoms with van der Waals surface area (Å²) < 4.78 is 3.93. The lowest BCUT2D eigenvalue weighted by molar-refractivity contribution is 0.0983. The molecule has 0 radical (unpaired) electrons. The highest BCUT2D eigenvalue weighted by Gasteiger charge is 2.46. The Morgan fingerprint density at radius 3 is 2.56 bits per heavy atom. The second-order valence-corrected chi connectivity index (χ2v) is 9.13. The topological polar surface area (TPSA) is 68.3 Å². The molecule has 1 aliphatic carbocycles. The summed E-state index contributed by atoms with van der Waals surface area (Å²) >= 11 is 6.19. The molecule has 0 bridgehead atoms. The molecule has 1 atom stereocenters. The SMILES string of the molecule is CCc1nn(C2CC2)c2c1[C@H](c1ccc(Cl)cc1)N(c1cc(C)c3nnc(C)n3c1)C2=O. The summed E-state index contributed by atoms with van der Waals surface area (Å²) in [6.07, 6.45) is 4.88. The Bertz CT molecular complexity index is 1380. The number of benzene rings is 1. The summed E-state index contributed by atoms with van der Waals surface area (Å²) in [5.74, 6) is 0.777. The molecule has 162 valence electrons. The summed E-state index contributed by atoms with van der Waals surface area (Å²) in [7, 11) is 0. The van der Waals surface area contributed by atoms with Crippen LogP contribution < -0.4 is 4.90 Å². The van der Waals surface area contributed by atoms with E-state index in [4.69, 9.17) is 16.7 Å². The maximum absolute atomic E-state index is 14.0. The van der Waals surface area contributed by atoms with Gasteiger partial charge in [-0.05, 0) is 62.4 Å². The Kier molecular flexibility index (Phi) is 4.21. The van der Waals surface area contributed by atoms with Gasteiger partial charge in [0.2, 0.25) is 0 Å². The number of carbonyl (C=O) groups excluding carboxylic acids is 1. The largest absolute Gasteiger partial charge is 0.294 e. The van der Waals surface area contributed by atoms with Gasteiger partial charge in [0.15, 0.2) is 5.65 Å². The highest BCUT2D eigenvalue weighted by Crippen LogP contribution is 2.47. The molecule has 2 aliphatic rings. The zero-order valence-corrected chi connectivity index (χ0v) is 19.0. The second-order valence-electron chi connectivity index (χ2n) is 8.69. The van der Waals surface area contributed by atoms with Gasteiger partial charge in [-0.1, -0.05) is 30.7 Å². The van der Waals surface area contributed by atoms with Crippen molar-refractivity contribution in [2.75, 3.05) is 4.90 Å². The van der Waals surface area contributed by atoms with Gasteiger partial charge < -0.3 is 0 Å². The van der Waals surface area contributed by atoms with Crippen LogP contribution in [0.1, 0.15) is 70.5 Å². The number of amides is 1. The molecule has 1 saturated carbocycles. The Labute approximate surface area is 190 Å². The van der Waals surface area contributed by atoms with Crippen molar-refractivity contribution in [2.45, 2.75) is 52.1 Å². The number of nitrogens with zero attached hydrogens (tertiary/aromatic N) is 6. The van der Waals surface area contributed by atoms with Gasteiger partial charge in [0.05, 0.1) is 23.5 Å². The van der Waals surface area contributed by atoms with Crippen LogP contribution in [0.15, 0.2) is 36.5 Å². The second kappa shape index (κ2) is 6.90. The predicted molar refractivity (Wildman–Crippen MR) is 122 cm³/mol. The molecule has 0 N–H and O–H groups in total. The van der Waals surface area contributed by atoms with E-state index in [-0.39, 0.29) is 11.9 Å². The lowest BCUT2D eigenvalue weighted by atomic mass is 9.97. The number of hydrogen-bond donors (Lipinski definition) is 0. The van der Waals surface area contributed by atoms with Crippen molar-refractivity contribution < 1.29 is 4.79 Å². The number of halogens is 1. The van der Waals surface area contributed by atoms with E-state index >= 15 is 0 Å². The first-order valence-corrected chi connectivity index (χ1v) is 11.4. The summed E-state index contributed by atoms with van der Waals surface area (Å²) in [6, 6.07) is 9.86. The van der Waals surface area contributed by atoms with Gasteiger partial charge in [0, 0.05) is 16.8 Å². The number of pyridine rings is 1. The van der Waals surface area contributed by atoms with Crippen molar-refractivity contribution >= 4 is 28.8 Å². The van der Waals surface area contributed by atoms with Crippen LogP contribution in [0, 0.1) is 13.8 Å². The van der Waals surface area contributed by atoms with E-state index in [2.05, 4.69) is 17.1 Å². The standard InChI is InChI=1S/C24H23ClN6O/c1-4-19-20-21(15-5-7-16(25)8-6-15)30(24(32)22(20)31(28-19)17-9-10-17)18-11-13(2)23-27-26-14(3)29(23)12-18/h5-8,11-12,17,21H,4,9-10H2,1-3H3/t21-/m0/s1. The zero-order chi connectivity index (χ0) is 22.1. The lowest BCUT2D eigenvalue weighted by Crippen LogP contribution is -2.30. The van der Waals surface area contributed by atoms with Crippen LogP contribution in [-0.4, -0.2) is 30.3 Å². The minimum atomic E-state index is -0.258. The third-order valence-electron chi connectivity index (χ3n) is 6.51. The van der Waals surface area contributed by atoms with E-state index in [1.165, 1.54) is 0 Å². The highest BCUT2D eigenvalue weighted by atomic mass is 35.5. The van der Waals surface area contributed by atoms with Crippen molar-refractivity contribution in [3.8, 4) is 0 Å². The Morgan fingerprint density at radius 2 is 1.88 bits per heavy atom. The number of anilines is 1. The molecule has 4 heterocycles. The van der Waals surface area contributed by atoms with E-state index in [0.717, 1.165) is 64.5 Å². The van der Waals surface area contributed by atoms with Gasteiger partial charge in [-0.3, -0.25) is 18.8 Å². The number of rotatable bonds is 4. The van der Waals surface area contributed by atoms with Gasteiger partial charge in [0.1, 0.15) is 11.5 Å². The van der Waals surface area contributed by atoms with Crippen LogP contribution in [0.5, 0.6) is 0 Å². The van der Waals surface area contributed by atoms with Gasteiger partial charge in [-0.2, -0.15) is 5.10 Å². The summed E-state index contributed by atoms with van der Waals surface area (Å²) in [6.45, 7) is 6.02. The quantitative estimate of drug-likeness (QED) is 0.449. The third-order valence-corrected chi connectivity index (χ3v) is 6.76. The van der Waals surface area contributed by atoms with Crippen LogP contribution in [0.2, 0.25) is 5.02 Å². The molecule has 0 saturated heterocycles. The first kappa shape index (κ1) is 19.5. The molecule has 1 aromatic carbocycles. The summed E-state index contributed by atoms with van der Waals surface area (Å²) in [5.41, 5.74) is 6.35. The minimum Gasteiger partial charge on any atom is -0.294 e. The van der Waals surface area contributed by atoms with Crippen LogP contribution in [0.4, 0.5) is 5.69 Å². The van der Waals surface area contributed by atoms with Crippen molar-refractivity contribution in [1.82, 2.24) is 24.4 Å². The predicted octanol–water partition coefficient (Wildman–Crippen LogP) is 4.84. The molecule has 4 aromatic rings. The zero-order valence-electron chi connectivity index (χ0n) is 18.2. The van der Waals surface area contributed by atoms with Crippen molar-refractivity contribution in [1.29, 1.82) is 0 Å². The van der Waals surface area contributed by atoms with Crippen LogP contribution >= 0.6 is 11.6 Å². The lowest BCUT2D eigenvalue weighted by Gasteiger charge is -2.27. The van der Waals surface area contributed by atoms with E-state index < -0.39 is 0 Å². The van der Waals surface area contributed by atoms with Crippen LogP contribution in [0.25, 0.3) is 5.65 Å². The first-order valence-electron chi connectivity index (χ1n) is 11.0. The molecular formula is C24H23ClN6O. The Morgan fingerprint density at radius 1 is 1.12 bits per heavy atom.